The maximum atomic E-state index is 12.2. The number of nitrogens with two attached hydrogens (primary N) is 1. The Bertz CT molecular complexity index is 934. The first-order valence-electron chi connectivity index (χ1n) is 12.4. The van der Waals surface area contributed by atoms with Crippen molar-refractivity contribution in [1.29, 1.82) is 0 Å². The molecule has 0 aliphatic carbocycles. The van der Waals surface area contributed by atoms with Crippen molar-refractivity contribution in [2.45, 2.75) is 97.7 Å². The topological polar surface area (TPSA) is 126 Å². The van der Waals surface area contributed by atoms with Gasteiger partial charge in [0.25, 0.3) is 0 Å². The molecule has 1 rings (SSSR count). The SMILES string of the molecule is C[C@@H](OCc1ccc(C#CCCOCC(=O)OC(C)(C)C)cc1)[C@H](CCC(N)=O)NC(=O)OC(C)(C)C. The average Bonchev–Trinajstić information content (AvgIpc) is 2.75. The molecule has 0 unspecified atom stereocenters. The molecule has 1 aromatic carbocycles. The fourth-order valence-corrected chi connectivity index (χ4v) is 3.02. The number of rotatable bonds is 12. The van der Waals surface area contributed by atoms with Gasteiger partial charge in [0.2, 0.25) is 5.91 Å². The zero-order valence-electron chi connectivity index (χ0n) is 23.1. The molecule has 3 N–H and O–H groups in total. The van der Waals surface area contributed by atoms with Crippen molar-refractivity contribution in [3.63, 3.8) is 0 Å². The number of hydrogen-bond acceptors (Lipinski definition) is 7. The van der Waals surface area contributed by atoms with Crippen LogP contribution >= 0.6 is 0 Å². The normalized spacial score (nSPS) is 13.1. The fourth-order valence-electron chi connectivity index (χ4n) is 3.02. The Balaban J connectivity index is 2.52. The second-order valence-electron chi connectivity index (χ2n) is 10.7. The van der Waals surface area contributed by atoms with Gasteiger partial charge in [0.15, 0.2) is 0 Å². The lowest BCUT2D eigenvalue weighted by atomic mass is 10.1. The summed E-state index contributed by atoms with van der Waals surface area (Å²) >= 11 is 0. The van der Waals surface area contributed by atoms with Gasteiger partial charge in [0.05, 0.1) is 25.4 Å². The number of esters is 1. The Hall–Kier alpha value is -3.09. The zero-order valence-corrected chi connectivity index (χ0v) is 23.1. The van der Waals surface area contributed by atoms with Gasteiger partial charge in [-0.25, -0.2) is 9.59 Å². The smallest absolute Gasteiger partial charge is 0.407 e. The molecule has 9 nitrogen and oxygen atoms in total. The quantitative estimate of drug-likeness (QED) is 0.244. The van der Waals surface area contributed by atoms with Gasteiger partial charge in [-0.05, 0) is 72.6 Å². The zero-order chi connectivity index (χ0) is 28.1. The summed E-state index contributed by atoms with van der Waals surface area (Å²) in [6, 6.07) is 7.17. The first kappa shape index (κ1) is 31.9. The molecule has 0 saturated heterocycles. The average molecular weight is 519 g/mol. The van der Waals surface area contributed by atoms with Crippen molar-refractivity contribution in [2.75, 3.05) is 13.2 Å². The molecule has 0 aliphatic heterocycles. The molecule has 0 spiro atoms. The first-order chi connectivity index (χ1) is 17.1. The van der Waals surface area contributed by atoms with E-state index >= 15 is 0 Å². The third-order valence-corrected chi connectivity index (χ3v) is 4.68. The van der Waals surface area contributed by atoms with Crippen LogP contribution < -0.4 is 11.1 Å². The summed E-state index contributed by atoms with van der Waals surface area (Å²) in [6.45, 7) is 13.1. The molecule has 2 atom stereocenters. The summed E-state index contributed by atoms with van der Waals surface area (Å²) in [4.78, 5) is 35.1. The molecule has 0 bridgehead atoms. The number of benzene rings is 1. The lowest BCUT2D eigenvalue weighted by molar-refractivity contribution is -0.160. The molecular weight excluding hydrogens is 476 g/mol. The number of alkyl carbamates (subject to hydrolysis) is 1. The molecule has 1 aromatic rings. The Labute approximate surface area is 220 Å². The lowest BCUT2D eigenvalue weighted by Gasteiger charge is -2.27. The van der Waals surface area contributed by atoms with Crippen molar-refractivity contribution in [2.24, 2.45) is 5.73 Å². The minimum Gasteiger partial charge on any atom is -0.458 e. The Morgan fingerprint density at radius 2 is 1.62 bits per heavy atom. The molecule has 9 heteroatoms. The fraction of sp³-hybridized carbons (Fsp3) is 0.607. The number of primary amides is 1. The van der Waals surface area contributed by atoms with Crippen molar-refractivity contribution < 1.29 is 33.3 Å². The van der Waals surface area contributed by atoms with Crippen molar-refractivity contribution in [1.82, 2.24) is 5.32 Å². The summed E-state index contributed by atoms with van der Waals surface area (Å²) in [5.74, 6) is 5.23. The number of nitrogens with one attached hydrogen (secondary N) is 1. The van der Waals surface area contributed by atoms with E-state index in [4.69, 9.17) is 24.7 Å². The number of hydrogen-bond donors (Lipinski definition) is 2. The van der Waals surface area contributed by atoms with Crippen LogP contribution in [0.25, 0.3) is 0 Å². The van der Waals surface area contributed by atoms with E-state index in [0.717, 1.165) is 11.1 Å². The summed E-state index contributed by atoms with van der Waals surface area (Å²) in [6.07, 6.45) is -0.00964. The highest BCUT2D eigenvalue weighted by atomic mass is 16.6. The highest BCUT2D eigenvalue weighted by Gasteiger charge is 2.24. The van der Waals surface area contributed by atoms with Gasteiger partial charge in [-0.15, -0.1) is 0 Å². The Kier molecular flexibility index (Phi) is 13.1. The second kappa shape index (κ2) is 15.2. The first-order valence-corrected chi connectivity index (χ1v) is 12.4. The molecule has 0 heterocycles. The van der Waals surface area contributed by atoms with Crippen LogP contribution in [0.2, 0.25) is 0 Å². The molecule has 0 saturated carbocycles. The summed E-state index contributed by atoms with van der Waals surface area (Å²) in [5, 5.41) is 2.78. The highest BCUT2D eigenvalue weighted by Crippen LogP contribution is 2.13. The predicted octanol–water partition coefficient (Wildman–Crippen LogP) is 3.85. The minimum atomic E-state index is -0.639. The molecule has 206 valence electrons. The van der Waals surface area contributed by atoms with Crippen LogP contribution in [0.15, 0.2) is 24.3 Å². The third kappa shape index (κ3) is 16.3. The molecule has 0 fully saturated rings. The van der Waals surface area contributed by atoms with E-state index in [9.17, 15) is 14.4 Å². The Morgan fingerprint density at radius 1 is 1.00 bits per heavy atom. The van der Waals surface area contributed by atoms with Gasteiger partial charge in [-0.2, -0.15) is 0 Å². The van der Waals surface area contributed by atoms with E-state index in [0.29, 0.717) is 26.1 Å². The lowest BCUT2D eigenvalue weighted by Crippen LogP contribution is -2.45. The van der Waals surface area contributed by atoms with Crippen LogP contribution in [0.5, 0.6) is 0 Å². The molecule has 37 heavy (non-hydrogen) atoms. The van der Waals surface area contributed by atoms with Gasteiger partial charge in [0.1, 0.15) is 17.8 Å². The molecule has 2 amide bonds. The standard InChI is InChI=1S/C28H42N2O7/c1-20(23(15-16-24(29)31)30-26(33)37-28(5,6)7)35-18-22-13-11-21(12-14-22)10-8-9-17-34-19-25(32)36-27(2,3)4/h11-14,20,23H,9,15-19H2,1-7H3,(H2,29,31)(H,30,33)/t20-,23+/m1/s1. The van der Waals surface area contributed by atoms with Gasteiger partial charge >= 0.3 is 12.1 Å². The van der Waals surface area contributed by atoms with Gasteiger partial charge < -0.3 is 30.0 Å². The predicted molar refractivity (Wildman–Crippen MR) is 140 cm³/mol. The van der Waals surface area contributed by atoms with Crippen LogP contribution in [0.1, 0.15) is 78.9 Å². The Morgan fingerprint density at radius 3 is 2.19 bits per heavy atom. The maximum Gasteiger partial charge on any atom is 0.407 e. The number of amides is 2. The highest BCUT2D eigenvalue weighted by molar-refractivity contribution is 5.74. The van der Waals surface area contributed by atoms with Gasteiger partial charge in [-0.1, -0.05) is 24.0 Å². The number of carbonyl (C=O) groups excluding carboxylic acids is 3. The molecule has 0 aliphatic rings. The van der Waals surface area contributed by atoms with Crippen LogP contribution in [-0.4, -0.2) is 54.5 Å². The van der Waals surface area contributed by atoms with Crippen LogP contribution in [0.4, 0.5) is 4.79 Å². The summed E-state index contributed by atoms with van der Waals surface area (Å²) < 4.78 is 21.7. The van der Waals surface area contributed by atoms with E-state index in [1.807, 2.05) is 52.0 Å². The van der Waals surface area contributed by atoms with E-state index in [-0.39, 0.29) is 19.1 Å². The molecule has 0 radical (unpaired) electrons. The van der Waals surface area contributed by atoms with E-state index < -0.39 is 35.2 Å². The van der Waals surface area contributed by atoms with E-state index in [2.05, 4.69) is 17.2 Å². The number of carbonyl (C=O) groups is 3. The minimum absolute atomic E-state index is 0.0945. The monoisotopic (exact) mass is 518 g/mol. The van der Waals surface area contributed by atoms with E-state index in [1.54, 1.807) is 20.8 Å². The van der Waals surface area contributed by atoms with E-state index in [1.165, 1.54) is 0 Å². The van der Waals surface area contributed by atoms with Crippen molar-refractivity contribution in [3.05, 3.63) is 35.4 Å². The second-order valence-corrected chi connectivity index (χ2v) is 10.7. The van der Waals surface area contributed by atoms with Crippen LogP contribution in [0.3, 0.4) is 0 Å². The number of ether oxygens (including phenoxy) is 4. The molecular formula is C28H42N2O7. The maximum absolute atomic E-state index is 12.2. The molecule has 0 aromatic heterocycles. The summed E-state index contributed by atoms with van der Waals surface area (Å²) in [7, 11) is 0. The van der Waals surface area contributed by atoms with Crippen molar-refractivity contribution in [3.8, 4) is 11.8 Å². The van der Waals surface area contributed by atoms with Crippen LogP contribution in [-0.2, 0) is 35.1 Å². The van der Waals surface area contributed by atoms with Gasteiger partial charge in [-0.3, -0.25) is 4.79 Å². The van der Waals surface area contributed by atoms with Gasteiger partial charge in [0, 0.05) is 18.4 Å². The third-order valence-electron chi connectivity index (χ3n) is 4.68. The summed E-state index contributed by atoms with van der Waals surface area (Å²) in [5.41, 5.74) is 5.89. The largest absolute Gasteiger partial charge is 0.458 e. The van der Waals surface area contributed by atoms with Crippen molar-refractivity contribution >= 4 is 18.0 Å². The van der Waals surface area contributed by atoms with Crippen LogP contribution in [0, 0.1) is 11.8 Å².